The van der Waals surface area contributed by atoms with Crippen LogP contribution in [0.25, 0.3) is 0 Å². The Labute approximate surface area is 283 Å². The van der Waals surface area contributed by atoms with Gasteiger partial charge in [0.25, 0.3) is 5.95 Å². The summed E-state index contributed by atoms with van der Waals surface area (Å²) in [5, 5.41) is 21.6. The SMILES string of the molecule is COc1cc(CC(=O)N2C(C(=O)N3CCC(C(=O)Nc4nn[nH]n4)CC3)CCC2c2ccccc2)ccc1NC(=O)Nc1ccccc1C. The summed E-state index contributed by atoms with van der Waals surface area (Å²) in [6.07, 6.45) is 2.20. The molecule has 2 unspecified atom stereocenters. The molecule has 0 aliphatic carbocycles. The van der Waals surface area contributed by atoms with Gasteiger partial charge in [-0.2, -0.15) is 5.21 Å². The second-order valence-electron chi connectivity index (χ2n) is 12.3. The number of tetrazole rings is 1. The van der Waals surface area contributed by atoms with Gasteiger partial charge in [0.1, 0.15) is 11.8 Å². The van der Waals surface area contributed by atoms with E-state index in [2.05, 4.69) is 36.6 Å². The van der Waals surface area contributed by atoms with Crippen LogP contribution in [0.3, 0.4) is 0 Å². The van der Waals surface area contributed by atoms with Crippen molar-refractivity contribution in [3.05, 3.63) is 89.5 Å². The summed E-state index contributed by atoms with van der Waals surface area (Å²) in [6, 6.07) is 21.1. The zero-order valence-corrected chi connectivity index (χ0v) is 27.4. The van der Waals surface area contributed by atoms with Crippen LogP contribution >= 0.6 is 0 Å². The number of amides is 5. The molecule has 5 amide bonds. The third kappa shape index (κ3) is 7.69. The third-order valence-corrected chi connectivity index (χ3v) is 9.16. The van der Waals surface area contributed by atoms with E-state index in [9.17, 15) is 19.2 Å². The number of para-hydroxylation sites is 1. The molecule has 4 N–H and O–H groups in total. The van der Waals surface area contributed by atoms with E-state index >= 15 is 0 Å². The van der Waals surface area contributed by atoms with Crippen molar-refractivity contribution < 1.29 is 23.9 Å². The van der Waals surface area contributed by atoms with E-state index in [0.29, 0.717) is 61.5 Å². The van der Waals surface area contributed by atoms with Gasteiger partial charge in [0.2, 0.25) is 17.7 Å². The summed E-state index contributed by atoms with van der Waals surface area (Å²) < 4.78 is 5.58. The lowest BCUT2D eigenvalue weighted by Gasteiger charge is -2.36. The molecule has 254 valence electrons. The fraction of sp³-hybridized carbons (Fsp3) is 0.343. The van der Waals surface area contributed by atoms with Gasteiger partial charge >= 0.3 is 6.03 Å². The molecule has 2 fully saturated rings. The number of anilines is 3. The lowest BCUT2D eigenvalue weighted by atomic mass is 9.95. The first-order valence-corrected chi connectivity index (χ1v) is 16.3. The Hall–Kier alpha value is -5.79. The molecule has 0 radical (unpaired) electrons. The number of likely N-dealkylation sites (tertiary alicyclic amines) is 2. The number of carbonyl (C=O) groups is 4. The largest absolute Gasteiger partial charge is 0.495 e. The van der Waals surface area contributed by atoms with E-state index in [4.69, 9.17) is 4.74 Å². The number of aryl methyl sites for hydroxylation is 1. The number of nitrogens with zero attached hydrogens (tertiary/aromatic N) is 5. The lowest BCUT2D eigenvalue weighted by molar-refractivity contribution is -0.146. The minimum Gasteiger partial charge on any atom is -0.495 e. The number of benzene rings is 3. The van der Waals surface area contributed by atoms with Crippen LogP contribution in [-0.2, 0) is 20.8 Å². The van der Waals surface area contributed by atoms with Crippen molar-refractivity contribution >= 4 is 41.1 Å². The van der Waals surface area contributed by atoms with Gasteiger partial charge in [-0.05, 0) is 72.7 Å². The first-order chi connectivity index (χ1) is 23.8. The van der Waals surface area contributed by atoms with Crippen molar-refractivity contribution in [1.82, 2.24) is 30.4 Å². The molecular formula is C35H39N9O5. The van der Waals surface area contributed by atoms with Crippen LogP contribution in [-0.4, -0.2) is 80.4 Å². The Balaban J connectivity index is 1.14. The average Bonchev–Trinajstić information content (AvgIpc) is 3.81. The fourth-order valence-corrected chi connectivity index (χ4v) is 6.61. The summed E-state index contributed by atoms with van der Waals surface area (Å²) in [5.74, 6) is -0.270. The molecule has 3 heterocycles. The molecule has 4 aromatic rings. The topological polar surface area (TPSA) is 175 Å². The highest BCUT2D eigenvalue weighted by molar-refractivity contribution is 6.01. The first kappa shape index (κ1) is 33.1. The highest BCUT2D eigenvalue weighted by Crippen LogP contribution is 2.38. The van der Waals surface area contributed by atoms with Crippen LogP contribution in [0.2, 0.25) is 0 Å². The normalized spacial score (nSPS) is 17.8. The number of aromatic nitrogens is 4. The molecule has 2 aliphatic heterocycles. The van der Waals surface area contributed by atoms with Crippen LogP contribution in [0, 0.1) is 12.8 Å². The minimum atomic E-state index is -0.629. The van der Waals surface area contributed by atoms with Crippen molar-refractivity contribution in [2.45, 2.75) is 51.1 Å². The molecule has 1 aromatic heterocycles. The number of hydrogen-bond acceptors (Lipinski definition) is 8. The number of urea groups is 1. The molecule has 2 atom stereocenters. The average molecular weight is 666 g/mol. The smallest absolute Gasteiger partial charge is 0.323 e. The molecule has 14 nitrogen and oxygen atoms in total. The molecule has 14 heteroatoms. The number of piperidine rings is 1. The Morgan fingerprint density at radius 1 is 0.878 bits per heavy atom. The molecule has 6 rings (SSSR count). The summed E-state index contributed by atoms with van der Waals surface area (Å²) in [5.41, 5.74) is 3.74. The highest BCUT2D eigenvalue weighted by atomic mass is 16.5. The van der Waals surface area contributed by atoms with E-state index in [1.807, 2.05) is 61.5 Å². The monoisotopic (exact) mass is 665 g/mol. The van der Waals surface area contributed by atoms with Crippen molar-refractivity contribution in [2.75, 3.05) is 36.1 Å². The maximum absolute atomic E-state index is 14.1. The number of hydrogen-bond donors (Lipinski definition) is 4. The molecule has 3 aromatic carbocycles. The first-order valence-electron chi connectivity index (χ1n) is 16.3. The van der Waals surface area contributed by atoms with Crippen molar-refractivity contribution in [2.24, 2.45) is 5.92 Å². The second kappa shape index (κ2) is 15.0. The van der Waals surface area contributed by atoms with E-state index in [1.165, 1.54) is 7.11 Å². The van der Waals surface area contributed by atoms with Crippen LogP contribution in [0.1, 0.15) is 48.4 Å². The zero-order chi connectivity index (χ0) is 34.3. The van der Waals surface area contributed by atoms with Gasteiger partial charge in [0.05, 0.1) is 25.3 Å². The van der Waals surface area contributed by atoms with Crippen molar-refractivity contribution in [3.8, 4) is 5.75 Å². The molecule has 0 bridgehead atoms. The van der Waals surface area contributed by atoms with Gasteiger partial charge in [0, 0.05) is 24.7 Å². The molecular weight excluding hydrogens is 626 g/mol. The van der Waals surface area contributed by atoms with E-state index in [-0.39, 0.29) is 42.1 Å². The lowest BCUT2D eigenvalue weighted by Crippen LogP contribution is -2.51. The van der Waals surface area contributed by atoms with E-state index < -0.39 is 12.1 Å². The Kier molecular flexibility index (Phi) is 10.1. The van der Waals surface area contributed by atoms with Crippen LogP contribution in [0.15, 0.2) is 72.8 Å². The molecule has 49 heavy (non-hydrogen) atoms. The number of H-pyrrole nitrogens is 1. The number of rotatable bonds is 9. The van der Waals surface area contributed by atoms with Gasteiger partial charge in [-0.15, -0.1) is 5.10 Å². The van der Waals surface area contributed by atoms with Crippen molar-refractivity contribution in [3.63, 3.8) is 0 Å². The van der Waals surface area contributed by atoms with Crippen LogP contribution in [0.5, 0.6) is 5.75 Å². The number of nitrogens with one attached hydrogen (secondary N) is 4. The van der Waals surface area contributed by atoms with Gasteiger partial charge in [-0.25, -0.2) is 4.79 Å². The molecule has 2 saturated heterocycles. The van der Waals surface area contributed by atoms with Gasteiger partial charge in [-0.3, -0.25) is 19.7 Å². The second-order valence-corrected chi connectivity index (χ2v) is 12.3. The van der Waals surface area contributed by atoms with Crippen LogP contribution in [0.4, 0.5) is 22.1 Å². The van der Waals surface area contributed by atoms with Gasteiger partial charge < -0.3 is 25.2 Å². The number of aromatic amines is 1. The number of ether oxygens (including phenoxy) is 1. The van der Waals surface area contributed by atoms with E-state index in [1.54, 1.807) is 28.0 Å². The van der Waals surface area contributed by atoms with Gasteiger partial charge in [0.15, 0.2) is 0 Å². The predicted octanol–water partition coefficient (Wildman–Crippen LogP) is 4.31. The molecule has 0 spiro atoms. The Bertz CT molecular complexity index is 1790. The maximum atomic E-state index is 14.1. The molecule has 2 aliphatic rings. The quantitative estimate of drug-likeness (QED) is 0.205. The number of carbonyl (C=O) groups excluding carboxylic acids is 4. The van der Waals surface area contributed by atoms with E-state index in [0.717, 1.165) is 11.1 Å². The predicted molar refractivity (Wildman–Crippen MR) is 182 cm³/mol. The summed E-state index contributed by atoms with van der Waals surface area (Å²) >= 11 is 0. The van der Waals surface area contributed by atoms with Gasteiger partial charge in [-0.1, -0.05) is 59.7 Å². The summed E-state index contributed by atoms with van der Waals surface area (Å²) in [4.78, 5) is 57.1. The van der Waals surface area contributed by atoms with Crippen molar-refractivity contribution in [1.29, 1.82) is 0 Å². The highest BCUT2D eigenvalue weighted by Gasteiger charge is 2.43. The third-order valence-electron chi connectivity index (χ3n) is 9.16. The standard InChI is InChI=1S/C35H39N9O5/c1-22-8-6-7-11-26(22)36-35(48)37-27-13-12-23(20-30(27)49-2)21-31(45)44-28(24-9-4-3-5-10-24)14-15-29(44)33(47)43-18-16-25(17-19-43)32(46)38-34-39-41-42-40-34/h3-13,20,25,28-29H,14-19,21H2,1-2H3,(H2,36,37,48)(H2,38,39,40,41,42,46). The molecule has 0 saturated carbocycles. The summed E-state index contributed by atoms with van der Waals surface area (Å²) in [7, 11) is 1.50. The maximum Gasteiger partial charge on any atom is 0.323 e. The van der Waals surface area contributed by atoms with Crippen LogP contribution < -0.4 is 20.7 Å². The fourth-order valence-electron chi connectivity index (χ4n) is 6.61. The summed E-state index contributed by atoms with van der Waals surface area (Å²) in [6.45, 7) is 2.72. The zero-order valence-electron chi connectivity index (χ0n) is 27.4. The minimum absolute atomic E-state index is 0.0392. The Morgan fingerprint density at radius 2 is 1.61 bits per heavy atom. The number of methoxy groups -OCH3 is 1. The Morgan fingerprint density at radius 3 is 2.33 bits per heavy atom.